The van der Waals surface area contributed by atoms with Crippen molar-refractivity contribution < 1.29 is 19.8 Å². The Morgan fingerprint density at radius 2 is 2.00 bits per heavy atom. The molecule has 0 amide bonds. The summed E-state index contributed by atoms with van der Waals surface area (Å²) >= 11 is 5.70. The number of benzene rings is 1. The maximum atomic E-state index is 10.6. The average Bonchev–Trinajstić information content (AvgIpc) is 2.16. The Hall–Kier alpha value is -1.99. The molecule has 16 heavy (non-hydrogen) atoms. The third-order valence-corrected chi connectivity index (χ3v) is 1.98. The molecular formula is C11H7ClO4. The molecule has 0 heterocycles. The summed E-state index contributed by atoms with van der Waals surface area (Å²) in [5.74, 6) is 2.87. The van der Waals surface area contributed by atoms with Gasteiger partial charge < -0.3 is 10.2 Å². The fourth-order valence-electron chi connectivity index (χ4n) is 0.988. The van der Waals surface area contributed by atoms with Crippen LogP contribution in [0.15, 0.2) is 18.2 Å². The molecule has 0 atom stereocenters. The zero-order chi connectivity index (χ0) is 12.1. The molecule has 82 valence electrons. The predicted molar refractivity (Wildman–Crippen MR) is 57.5 cm³/mol. The second-order valence-corrected chi connectivity index (χ2v) is 3.28. The molecule has 0 unspecified atom stereocenters. The molecule has 0 aliphatic rings. The van der Waals surface area contributed by atoms with Crippen molar-refractivity contribution in [3.05, 3.63) is 34.3 Å². The summed E-state index contributed by atoms with van der Waals surface area (Å²) in [5, 5.41) is 17.1. The molecule has 1 aromatic carbocycles. The van der Waals surface area contributed by atoms with Crippen molar-refractivity contribution in [2.45, 2.75) is 6.42 Å². The van der Waals surface area contributed by atoms with Crippen LogP contribution in [-0.4, -0.2) is 22.2 Å². The zero-order valence-electron chi connectivity index (χ0n) is 8.03. The highest BCUT2D eigenvalue weighted by atomic mass is 35.5. The lowest BCUT2D eigenvalue weighted by atomic mass is 10.1. The minimum atomic E-state index is -1.12. The molecule has 0 aliphatic carbocycles. The van der Waals surface area contributed by atoms with E-state index in [1.165, 1.54) is 18.2 Å². The van der Waals surface area contributed by atoms with E-state index in [1.807, 2.05) is 0 Å². The fraction of sp³-hybridized carbons (Fsp3) is 0.0909. The Labute approximate surface area is 96.5 Å². The van der Waals surface area contributed by atoms with Gasteiger partial charge in [0.05, 0.1) is 10.6 Å². The number of aromatic carboxylic acids is 1. The van der Waals surface area contributed by atoms with E-state index in [9.17, 15) is 9.59 Å². The molecule has 4 nitrogen and oxygen atoms in total. The Bertz CT molecular complexity index is 496. The number of rotatable bonds is 2. The summed E-state index contributed by atoms with van der Waals surface area (Å²) in [7, 11) is 0. The summed E-state index contributed by atoms with van der Waals surface area (Å²) in [5.41, 5.74) is 0.474. The zero-order valence-corrected chi connectivity index (χ0v) is 8.78. The molecule has 1 aromatic rings. The van der Waals surface area contributed by atoms with Gasteiger partial charge in [0, 0.05) is 5.56 Å². The Kier molecular flexibility index (Phi) is 3.92. The van der Waals surface area contributed by atoms with Crippen molar-refractivity contribution in [3.8, 4) is 11.8 Å². The Morgan fingerprint density at radius 3 is 2.50 bits per heavy atom. The molecule has 0 bridgehead atoms. The lowest BCUT2D eigenvalue weighted by Crippen LogP contribution is -1.97. The van der Waals surface area contributed by atoms with Gasteiger partial charge in [-0.25, -0.2) is 4.79 Å². The van der Waals surface area contributed by atoms with Crippen LogP contribution in [0.2, 0.25) is 5.02 Å². The number of carbonyl (C=O) groups is 2. The first kappa shape index (κ1) is 12.1. The van der Waals surface area contributed by atoms with Gasteiger partial charge in [-0.1, -0.05) is 23.4 Å². The minimum absolute atomic E-state index is 0.00884. The van der Waals surface area contributed by atoms with Gasteiger partial charge in [-0.05, 0) is 18.2 Å². The van der Waals surface area contributed by atoms with E-state index in [-0.39, 0.29) is 17.0 Å². The highest BCUT2D eigenvalue weighted by Crippen LogP contribution is 2.17. The van der Waals surface area contributed by atoms with Crippen LogP contribution < -0.4 is 0 Å². The molecular weight excluding hydrogens is 232 g/mol. The molecule has 0 fully saturated rings. The monoisotopic (exact) mass is 238 g/mol. The van der Waals surface area contributed by atoms with Crippen molar-refractivity contribution >= 4 is 23.5 Å². The predicted octanol–water partition coefficient (Wildman–Crippen LogP) is 1.86. The van der Waals surface area contributed by atoms with Crippen LogP contribution in [0.25, 0.3) is 0 Å². The van der Waals surface area contributed by atoms with Gasteiger partial charge in [0.25, 0.3) is 0 Å². The van der Waals surface area contributed by atoms with E-state index < -0.39 is 11.9 Å². The molecule has 1 rings (SSSR count). The van der Waals surface area contributed by atoms with E-state index >= 15 is 0 Å². The van der Waals surface area contributed by atoms with Gasteiger partial charge in [0.15, 0.2) is 0 Å². The molecule has 0 spiro atoms. The van der Waals surface area contributed by atoms with E-state index in [4.69, 9.17) is 21.8 Å². The van der Waals surface area contributed by atoms with E-state index in [1.54, 1.807) is 0 Å². The van der Waals surface area contributed by atoms with Gasteiger partial charge >= 0.3 is 11.9 Å². The van der Waals surface area contributed by atoms with Crippen molar-refractivity contribution in [2.75, 3.05) is 0 Å². The number of hydrogen-bond acceptors (Lipinski definition) is 2. The molecule has 2 N–H and O–H groups in total. The second-order valence-electron chi connectivity index (χ2n) is 2.87. The quantitative estimate of drug-likeness (QED) is 0.772. The molecule has 0 saturated carbocycles. The second kappa shape index (κ2) is 5.19. The van der Waals surface area contributed by atoms with Crippen LogP contribution >= 0.6 is 11.6 Å². The summed E-state index contributed by atoms with van der Waals surface area (Å²) in [4.78, 5) is 20.8. The lowest BCUT2D eigenvalue weighted by Gasteiger charge is -1.98. The lowest BCUT2D eigenvalue weighted by molar-refractivity contribution is -0.135. The maximum absolute atomic E-state index is 10.6. The summed E-state index contributed by atoms with van der Waals surface area (Å²) in [6.45, 7) is 0. The van der Waals surface area contributed by atoms with Crippen LogP contribution in [0.1, 0.15) is 22.3 Å². The summed E-state index contributed by atoms with van der Waals surface area (Å²) < 4.78 is 0. The number of carboxylic acid groups (broad SMARTS) is 2. The number of carboxylic acids is 2. The van der Waals surface area contributed by atoms with Gasteiger partial charge in [0.1, 0.15) is 6.42 Å². The summed E-state index contributed by atoms with van der Waals surface area (Å²) in [6, 6.07) is 4.19. The van der Waals surface area contributed by atoms with Gasteiger partial charge in [-0.3, -0.25) is 4.79 Å². The van der Waals surface area contributed by atoms with Crippen LogP contribution in [0.4, 0.5) is 0 Å². The van der Waals surface area contributed by atoms with Crippen molar-refractivity contribution in [1.29, 1.82) is 0 Å². The maximum Gasteiger partial charge on any atom is 0.337 e. The van der Waals surface area contributed by atoms with E-state index in [0.717, 1.165) is 0 Å². The number of aliphatic carboxylic acids is 1. The largest absolute Gasteiger partial charge is 0.481 e. The molecule has 0 aromatic heterocycles. The average molecular weight is 239 g/mol. The highest BCUT2D eigenvalue weighted by molar-refractivity contribution is 6.33. The third kappa shape index (κ3) is 3.30. The smallest absolute Gasteiger partial charge is 0.337 e. The molecule has 5 heteroatoms. The van der Waals surface area contributed by atoms with Crippen LogP contribution in [0, 0.1) is 11.8 Å². The normalized spacial score (nSPS) is 9.06. The van der Waals surface area contributed by atoms with Gasteiger partial charge in [-0.15, -0.1) is 0 Å². The first-order chi connectivity index (χ1) is 7.50. The molecule has 0 saturated heterocycles. The van der Waals surface area contributed by atoms with Crippen molar-refractivity contribution in [1.82, 2.24) is 0 Å². The highest BCUT2D eigenvalue weighted by Gasteiger charge is 2.07. The van der Waals surface area contributed by atoms with Crippen LogP contribution in [-0.2, 0) is 4.79 Å². The van der Waals surface area contributed by atoms with Crippen molar-refractivity contribution in [3.63, 3.8) is 0 Å². The van der Waals surface area contributed by atoms with Gasteiger partial charge in [0.2, 0.25) is 0 Å². The standard InChI is InChI=1S/C11H7ClO4/c12-9-6-7(2-1-3-10(13)14)4-5-8(9)11(15)16/h4-6H,3H2,(H,13,14)(H,15,16). The SMILES string of the molecule is O=C(O)CC#Cc1ccc(C(=O)O)c(Cl)c1. The van der Waals surface area contributed by atoms with Crippen molar-refractivity contribution in [2.24, 2.45) is 0 Å². The first-order valence-corrected chi connectivity index (χ1v) is 4.62. The third-order valence-electron chi connectivity index (χ3n) is 1.67. The van der Waals surface area contributed by atoms with E-state index in [2.05, 4.69) is 11.8 Å². The molecule has 0 radical (unpaired) electrons. The van der Waals surface area contributed by atoms with Crippen LogP contribution in [0.5, 0.6) is 0 Å². The Morgan fingerprint density at radius 1 is 1.31 bits per heavy atom. The first-order valence-electron chi connectivity index (χ1n) is 4.24. The van der Waals surface area contributed by atoms with Gasteiger partial charge in [-0.2, -0.15) is 0 Å². The van der Waals surface area contributed by atoms with E-state index in [0.29, 0.717) is 5.56 Å². The number of halogens is 1. The molecule has 0 aliphatic heterocycles. The topological polar surface area (TPSA) is 74.6 Å². The fourth-order valence-corrected chi connectivity index (χ4v) is 1.25. The Balaban J connectivity index is 2.92. The number of hydrogen-bond donors (Lipinski definition) is 2. The minimum Gasteiger partial charge on any atom is -0.481 e. The van der Waals surface area contributed by atoms with Crippen LogP contribution in [0.3, 0.4) is 0 Å². The summed E-state index contributed by atoms with van der Waals surface area (Å²) in [6.07, 6.45) is -0.266.